The number of halogens is 1. The average molecular weight is 243 g/mol. The minimum absolute atomic E-state index is 0.0529. The van der Waals surface area contributed by atoms with Gasteiger partial charge in [-0.05, 0) is 24.6 Å². The molecule has 0 bridgehead atoms. The number of benzene rings is 1. The third-order valence-corrected chi connectivity index (χ3v) is 2.02. The topological polar surface area (TPSA) is 26.3 Å². The average Bonchev–Trinajstić information content (AvgIpc) is 2.08. The predicted molar refractivity (Wildman–Crippen MR) is 54.5 cm³/mol. The van der Waals surface area contributed by atoms with Gasteiger partial charge < -0.3 is 4.74 Å². The Labute approximate surface area is 86.0 Å². The molecule has 1 aromatic carbocycles. The van der Waals surface area contributed by atoms with Crippen molar-refractivity contribution in [3.05, 3.63) is 34.3 Å². The Balaban J connectivity index is 2.37. The maximum atomic E-state index is 10.6. The van der Waals surface area contributed by atoms with Crippen LogP contribution in [0.15, 0.2) is 28.7 Å². The second-order valence-corrected chi connectivity index (χ2v) is 3.74. The fraction of sp³-hybridized carbons (Fsp3) is 0.300. The SMILES string of the molecule is CC(=O)COCc1ccc(Br)cc1. The molecule has 0 aliphatic carbocycles. The summed E-state index contributed by atoms with van der Waals surface area (Å²) in [6, 6.07) is 7.83. The van der Waals surface area contributed by atoms with Crippen LogP contribution in [-0.2, 0) is 16.1 Å². The first kappa shape index (κ1) is 10.4. The molecule has 0 spiro atoms. The van der Waals surface area contributed by atoms with E-state index in [0.29, 0.717) is 6.61 Å². The van der Waals surface area contributed by atoms with Gasteiger partial charge in [-0.15, -0.1) is 0 Å². The lowest BCUT2D eigenvalue weighted by Crippen LogP contribution is -2.03. The summed E-state index contributed by atoms with van der Waals surface area (Å²) in [5, 5.41) is 0. The van der Waals surface area contributed by atoms with Crippen molar-refractivity contribution in [2.75, 3.05) is 6.61 Å². The molecule has 0 amide bonds. The highest BCUT2D eigenvalue weighted by molar-refractivity contribution is 9.10. The van der Waals surface area contributed by atoms with Gasteiger partial charge in [-0.1, -0.05) is 28.1 Å². The number of ether oxygens (including phenoxy) is 1. The Bertz CT molecular complexity index is 279. The highest BCUT2D eigenvalue weighted by Crippen LogP contribution is 2.10. The quantitative estimate of drug-likeness (QED) is 0.812. The van der Waals surface area contributed by atoms with Crippen molar-refractivity contribution < 1.29 is 9.53 Å². The number of hydrogen-bond acceptors (Lipinski definition) is 2. The first-order chi connectivity index (χ1) is 6.18. The van der Waals surface area contributed by atoms with Crippen molar-refractivity contribution in [2.45, 2.75) is 13.5 Å². The van der Waals surface area contributed by atoms with Crippen LogP contribution in [0.4, 0.5) is 0 Å². The van der Waals surface area contributed by atoms with Gasteiger partial charge in [0.15, 0.2) is 5.78 Å². The molecule has 2 nitrogen and oxygen atoms in total. The van der Waals surface area contributed by atoms with Gasteiger partial charge in [0.25, 0.3) is 0 Å². The van der Waals surface area contributed by atoms with E-state index in [2.05, 4.69) is 15.9 Å². The zero-order valence-corrected chi connectivity index (χ0v) is 9.00. The first-order valence-corrected chi connectivity index (χ1v) is 4.79. The molecule has 0 atom stereocenters. The fourth-order valence-corrected chi connectivity index (χ4v) is 1.16. The van der Waals surface area contributed by atoms with Crippen molar-refractivity contribution in [1.82, 2.24) is 0 Å². The number of ketones is 1. The standard InChI is InChI=1S/C10H11BrO2/c1-8(12)6-13-7-9-2-4-10(11)5-3-9/h2-5H,6-7H2,1H3. The van der Waals surface area contributed by atoms with Crippen molar-refractivity contribution in [3.8, 4) is 0 Å². The summed E-state index contributed by atoms with van der Waals surface area (Å²) in [6.45, 7) is 2.20. The smallest absolute Gasteiger partial charge is 0.155 e. The molecule has 0 saturated carbocycles. The normalized spacial score (nSPS) is 10.0. The van der Waals surface area contributed by atoms with E-state index < -0.39 is 0 Å². The van der Waals surface area contributed by atoms with Gasteiger partial charge in [-0.3, -0.25) is 4.79 Å². The lowest BCUT2D eigenvalue weighted by atomic mass is 10.2. The maximum absolute atomic E-state index is 10.6. The number of Topliss-reactive ketones (excluding diaryl/α,β-unsaturated/α-hetero) is 1. The molecule has 1 rings (SSSR count). The molecule has 0 unspecified atom stereocenters. The molecule has 0 aliphatic heterocycles. The Morgan fingerprint density at radius 1 is 1.38 bits per heavy atom. The van der Waals surface area contributed by atoms with Crippen LogP contribution in [0, 0.1) is 0 Å². The molecular formula is C10H11BrO2. The summed E-state index contributed by atoms with van der Waals surface area (Å²) in [6.07, 6.45) is 0. The van der Waals surface area contributed by atoms with Crippen LogP contribution >= 0.6 is 15.9 Å². The molecule has 0 heterocycles. The van der Waals surface area contributed by atoms with E-state index in [1.807, 2.05) is 24.3 Å². The Hall–Kier alpha value is -0.670. The lowest BCUT2D eigenvalue weighted by molar-refractivity contribution is -0.121. The van der Waals surface area contributed by atoms with Gasteiger partial charge in [-0.2, -0.15) is 0 Å². The third-order valence-electron chi connectivity index (χ3n) is 1.49. The first-order valence-electron chi connectivity index (χ1n) is 4.00. The van der Waals surface area contributed by atoms with E-state index in [9.17, 15) is 4.79 Å². The van der Waals surface area contributed by atoms with Crippen LogP contribution in [0.3, 0.4) is 0 Å². The summed E-state index contributed by atoms with van der Waals surface area (Å²) in [5.41, 5.74) is 1.07. The minimum atomic E-state index is 0.0529. The van der Waals surface area contributed by atoms with Crippen molar-refractivity contribution >= 4 is 21.7 Å². The van der Waals surface area contributed by atoms with E-state index >= 15 is 0 Å². The molecular weight excluding hydrogens is 232 g/mol. The highest BCUT2D eigenvalue weighted by Gasteiger charge is 1.95. The van der Waals surface area contributed by atoms with Crippen LogP contribution in [0.25, 0.3) is 0 Å². The second-order valence-electron chi connectivity index (χ2n) is 2.82. The lowest BCUT2D eigenvalue weighted by Gasteiger charge is -2.01. The minimum Gasteiger partial charge on any atom is -0.369 e. The Morgan fingerprint density at radius 2 is 2.00 bits per heavy atom. The maximum Gasteiger partial charge on any atom is 0.155 e. The van der Waals surface area contributed by atoms with Gasteiger partial charge in [-0.25, -0.2) is 0 Å². The van der Waals surface area contributed by atoms with Crippen LogP contribution in [0.1, 0.15) is 12.5 Å². The van der Waals surface area contributed by atoms with Crippen LogP contribution in [0.5, 0.6) is 0 Å². The van der Waals surface area contributed by atoms with E-state index in [4.69, 9.17) is 4.74 Å². The summed E-state index contributed by atoms with van der Waals surface area (Å²) in [7, 11) is 0. The highest BCUT2D eigenvalue weighted by atomic mass is 79.9. The molecule has 0 aromatic heterocycles. The second kappa shape index (κ2) is 5.14. The Morgan fingerprint density at radius 3 is 2.54 bits per heavy atom. The Kier molecular flexibility index (Phi) is 4.12. The molecule has 0 saturated heterocycles. The number of carbonyl (C=O) groups is 1. The largest absolute Gasteiger partial charge is 0.369 e. The number of hydrogen-bond donors (Lipinski definition) is 0. The van der Waals surface area contributed by atoms with E-state index in [0.717, 1.165) is 10.0 Å². The molecule has 0 N–H and O–H groups in total. The molecule has 3 heteroatoms. The van der Waals surface area contributed by atoms with Crippen molar-refractivity contribution in [1.29, 1.82) is 0 Å². The van der Waals surface area contributed by atoms with Gasteiger partial charge >= 0.3 is 0 Å². The molecule has 1 aromatic rings. The number of carbonyl (C=O) groups excluding carboxylic acids is 1. The molecule has 0 fully saturated rings. The molecule has 0 aliphatic rings. The van der Waals surface area contributed by atoms with Crippen LogP contribution in [-0.4, -0.2) is 12.4 Å². The fourth-order valence-electron chi connectivity index (χ4n) is 0.893. The van der Waals surface area contributed by atoms with Crippen LogP contribution < -0.4 is 0 Å². The molecule has 13 heavy (non-hydrogen) atoms. The van der Waals surface area contributed by atoms with E-state index in [1.54, 1.807) is 0 Å². The third kappa shape index (κ3) is 4.20. The van der Waals surface area contributed by atoms with E-state index in [1.165, 1.54) is 6.92 Å². The van der Waals surface area contributed by atoms with Crippen LogP contribution in [0.2, 0.25) is 0 Å². The molecule has 0 radical (unpaired) electrons. The predicted octanol–water partition coefficient (Wildman–Crippen LogP) is 2.55. The summed E-state index contributed by atoms with van der Waals surface area (Å²) >= 11 is 3.34. The number of rotatable bonds is 4. The van der Waals surface area contributed by atoms with Gasteiger partial charge in [0.1, 0.15) is 6.61 Å². The van der Waals surface area contributed by atoms with Crippen molar-refractivity contribution in [2.24, 2.45) is 0 Å². The van der Waals surface area contributed by atoms with E-state index in [-0.39, 0.29) is 12.4 Å². The zero-order chi connectivity index (χ0) is 9.68. The van der Waals surface area contributed by atoms with Gasteiger partial charge in [0.05, 0.1) is 6.61 Å². The summed E-state index contributed by atoms with van der Waals surface area (Å²) in [4.78, 5) is 10.6. The van der Waals surface area contributed by atoms with Gasteiger partial charge in [0, 0.05) is 4.47 Å². The summed E-state index contributed by atoms with van der Waals surface area (Å²) < 4.78 is 6.20. The molecule has 70 valence electrons. The monoisotopic (exact) mass is 242 g/mol. The zero-order valence-electron chi connectivity index (χ0n) is 7.42. The summed E-state index contributed by atoms with van der Waals surface area (Å²) in [5.74, 6) is 0.0529. The van der Waals surface area contributed by atoms with Crippen molar-refractivity contribution in [3.63, 3.8) is 0 Å². The van der Waals surface area contributed by atoms with Gasteiger partial charge in [0.2, 0.25) is 0 Å².